The minimum Gasteiger partial charge on any atom is -0.394 e. The van der Waals surface area contributed by atoms with Crippen molar-refractivity contribution in [2.75, 3.05) is 17.7 Å². The number of hydrogen-bond acceptors (Lipinski definition) is 5. The summed E-state index contributed by atoms with van der Waals surface area (Å²) in [7, 11) is 1.96. The molecule has 6 heteroatoms. The Morgan fingerprint density at radius 1 is 1.44 bits per heavy atom. The number of nitrogen functional groups attached to an aromatic ring is 1. The molecule has 0 aliphatic carbocycles. The quantitative estimate of drug-likeness (QED) is 0.878. The minimum atomic E-state index is 0.192. The SMILES string of the molecule is Cc1nc(Cl)nc(N(C)C(C)c2cccs2)c1N. The van der Waals surface area contributed by atoms with Crippen LogP contribution in [0, 0.1) is 6.92 Å². The van der Waals surface area contributed by atoms with Crippen LogP contribution in [0.2, 0.25) is 5.28 Å². The molecule has 0 saturated heterocycles. The van der Waals surface area contributed by atoms with Gasteiger partial charge in [0.15, 0.2) is 5.82 Å². The summed E-state index contributed by atoms with van der Waals surface area (Å²) in [5, 5.41) is 2.28. The molecule has 18 heavy (non-hydrogen) atoms. The van der Waals surface area contributed by atoms with Crippen LogP contribution in [0.25, 0.3) is 0 Å². The Kier molecular flexibility index (Phi) is 3.73. The van der Waals surface area contributed by atoms with Gasteiger partial charge in [0.25, 0.3) is 0 Å². The lowest BCUT2D eigenvalue weighted by Gasteiger charge is -2.26. The molecule has 2 N–H and O–H groups in total. The number of aryl methyl sites for hydroxylation is 1. The van der Waals surface area contributed by atoms with E-state index >= 15 is 0 Å². The van der Waals surface area contributed by atoms with Crippen molar-refractivity contribution in [3.8, 4) is 0 Å². The maximum absolute atomic E-state index is 6.02. The van der Waals surface area contributed by atoms with Gasteiger partial charge in [-0.1, -0.05) is 6.07 Å². The predicted octanol–water partition coefficient (Wildman–Crippen LogP) is 3.28. The number of thiophene rings is 1. The Balaban J connectivity index is 2.37. The number of nitrogens with two attached hydrogens (primary N) is 1. The van der Waals surface area contributed by atoms with Crippen LogP contribution in [0.4, 0.5) is 11.5 Å². The van der Waals surface area contributed by atoms with Gasteiger partial charge in [-0.05, 0) is 36.9 Å². The summed E-state index contributed by atoms with van der Waals surface area (Å²) in [5.74, 6) is 0.674. The molecule has 4 nitrogen and oxygen atoms in total. The lowest BCUT2D eigenvalue weighted by Crippen LogP contribution is -2.23. The third-order valence-electron chi connectivity index (χ3n) is 2.96. The normalized spacial score (nSPS) is 12.4. The molecule has 1 unspecified atom stereocenters. The Labute approximate surface area is 115 Å². The first-order chi connectivity index (χ1) is 8.50. The van der Waals surface area contributed by atoms with Crippen LogP contribution in [-0.2, 0) is 0 Å². The molecule has 0 aromatic carbocycles. The van der Waals surface area contributed by atoms with E-state index in [0.29, 0.717) is 17.2 Å². The average molecular weight is 283 g/mol. The number of hydrogen-bond donors (Lipinski definition) is 1. The largest absolute Gasteiger partial charge is 0.394 e. The van der Waals surface area contributed by atoms with Crippen molar-refractivity contribution in [1.29, 1.82) is 0 Å². The van der Waals surface area contributed by atoms with Gasteiger partial charge in [0.2, 0.25) is 5.28 Å². The maximum atomic E-state index is 6.02. The standard InChI is InChI=1S/C12H15ClN4S/c1-7-10(14)11(16-12(13)15-7)17(3)8(2)9-5-4-6-18-9/h4-6,8H,14H2,1-3H3. The van der Waals surface area contributed by atoms with Crippen LogP contribution in [0.5, 0.6) is 0 Å². The zero-order valence-corrected chi connectivity index (χ0v) is 12.1. The second-order valence-corrected chi connectivity index (χ2v) is 5.43. The third-order valence-corrected chi connectivity index (χ3v) is 4.17. The number of anilines is 2. The topological polar surface area (TPSA) is 55.0 Å². The second-order valence-electron chi connectivity index (χ2n) is 4.12. The molecule has 0 bridgehead atoms. The molecule has 0 aliphatic rings. The highest BCUT2D eigenvalue weighted by atomic mass is 35.5. The Morgan fingerprint density at radius 2 is 2.17 bits per heavy atom. The van der Waals surface area contributed by atoms with Gasteiger partial charge in [-0.3, -0.25) is 0 Å². The summed E-state index contributed by atoms with van der Waals surface area (Å²) in [6.07, 6.45) is 0. The molecule has 2 aromatic rings. The van der Waals surface area contributed by atoms with Gasteiger partial charge >= 0.3 is 0 Å². The van der Waals surface area contributed by atoms with Crippen molar-refractivity contribution in [1.82, 2.24) is 9.97 Å². The number of rotatable bonds is 3. The van der Waals surface area contributed by atoms with Gasteiger partial charge in [0.1, 0.15) is 0 Å². The smallest absolute Gasteiger partial charge is 0.224 e. The summed E-state index contributed by atoms with van der Waals surface area (Å²) in [6.45, 7) is 3.94. The van der Waals surface area contributed by atoms with Crippen LogP contribution in [0.15, 0.2) is 17.5 Å². The fraction of sp³-hybridized carbons (Fsp3) is 0.333. The molecular weight excluding hydrogens is 268 g/mol. The highest BCUT2D eigenvalue weighted by Gasteiger charge is 2.18. The summed E-state index contributed by atoms with van der Waals surface area (Å²) >= 11 is 7.60. The van der Waals surface area contributed by atoms with E-state index in [1.807, 2.05) is 24.9 Å². The number of aromatic nitrogens is 2. The predicted molar refractivity (Wildman–Crippen MR) is 77.3 cm³/mol. The van der Waals surface area contributed by atoms with Crippen molar-refractivity contribution in [2.45, 2.75) is 19.9 Å². The monoisotopic (exact) mass is 282 g/mol. The summed E-state index contributed by atoms with van der Waals surface area (Å²) in [4.78, 5) is 11.5. The maximum Gasteiger partial charge on any atom is 0.224 e. The molecular formula is C12H15ClN4S. The first-order valence-electron chi connectivity index (χ1n) is 5.56. The van der Waals surface area contributed by atoms with E-state index in [0.717, 1.165) is 0 Å². The van der Waals surface area contributed by atoms with Crippen molar-refractivity contribution in [3.05, 3.63) is 33.4 Å². The molecule has 2 heterocycles. The van der Waals surface area contributed by atoms with Gasteiger partial charge in [0, 0.05) is 11.9 Å². The summed E-state index contributed by atoms with van der Waals surface area (Å²) in [6, 6.07) is 4.32. The molecule has 2 rings (SSSR count). The van der Waals surface area contributed by atoms with E-state index in [-0.39, 0.29) is 11.3 Å². The van der Waals surface area contributed by atoms with Crippen LogP contribution >= 0.6 is 22.9 Å². The van der Waals surface area contributed by atoms with Crippen molar-refractivity contribution >= 4 is 34.4 Å². The molecule has 0 amide bonds. The van der Waals surface area contributed by atoms with Crippen LogP contribution in [-0.4, -0.2) is 17.0 Å². The van der Waals surface area contributed by atoms with E-state index in [4.69, 9.17) is 17.3 Å². The molecule has 2 aromatic heterocycles. The highest BCUT2D eigenvalue weighted by molar-refractivity contribution is 7.10. The summed E-state index contributed by atoms with van der Waals surface area (Å²) < 4.78 is 0. The molecule has 0 aliphatic heterocycles. The van der Waals surface area contributed by atoms with Gasteiger partial charge in [-0.25, -0.2) is 4.98 Å². The van der Waals surface area contributed by atoms with E-state index in [2.05, 4.69) is 28.3 Å². The molecule has 0 spiro atoms. The third kappa shape index (κ3) is 2.42. The van der Waals surface area contributed by atoms with Crippen molar-refractivity contribution in [2.24, 2.45) is 0 Å². The molecule has 96 valence electrons. The van der Waals surface area contributed by atoms with Gasteiger partial charge in [-0.2, -0.15) is 4.98 Å². The molecule has 1 atom stereocenters. The number of nitrogens with zero attached hydrogens (tertiary/aromatic N) is 3. The highest BCUT2D eigenvalue weighted by Crippen LogP contribution is 2.31. The van der Waals surface area contributed by atoms with E-state index in [9.17, 15) is 0 Å². The Bertz CT molecular complexity index is 541. The van der Waals surface area contributed by atoms with Gasteiger partial charge < -0.3 is 10.6 Å². The summed E-state index contributed by atoms with van der Waals surface area (Å²) in [5.41, 5.74) is 7.30. The lowest BCUT2D eigenvalue weighted by molar-refractivity contribution is 0.741. The molecule has 0 radical (unpaired) electrons. The van der Waals surface area contributed by atoms with Gasteiger partial charge in [0.05, 0.1) is 17.4 Å². The zero-order valence-electron chi connectivity index (χ0n) is 10.5. The first-order valence-corrected chi connectivity index (χ1v) is 6.82. The zero-order chi connectivity index (χ0) is 13.3. The average Bonchev–Trinajstić information content (AvgIpc) is 2.85. The van der Waals surface area contributed by atoms with Crippen LogP contribution < -0.4 is 10.6 Å². The van der Waals surface area contributed by atoms with Crippen molar-refractivity contribution < 1.29 is 0 Å². The fourth-order valence-electron chi connectivity index (χ4n) is 1.71. The first kappa shape index (κ1) is 13.1. The Morgan fingerprint density at radius 3 is 2.78 bits per heavy atom. The van der Waals surface area contributed by atoms with E-state index in [1.165, 1.54) is 4.88 Å². The van der Waals surface area contributed by atoms with Crippen LogP contribution in [0.3, 0.4) is 0 Å². The molecule has 0 fully saturated rings. The van der Waals surface area contributed by atoms with Crippen LogP contribution in [0.1, 0.15) is 23.5 Å². The number of halogens is 1. The fourth-order valence-corrected chi connectivity index (χ4v) is 2.74. The van der Waals surface area contributed by atoms with Gasteiger partial charge in [-0.15, -0.1) is 11.3 Å². The Hall–Kier alpha value is -1.33. The minimum absolute atomic E-state index is 0.192. The lowest BCUT2D eigenvalue weighted by atomic mass is 10.2. The second kappa shape index (κ2) is 5.12. The van der Waals surface area contributed by atoms with E-state index < -0.39 is 0 Å². The van der Waals surface area contributed by atoms with Crippen molar-refractivity contribution in [3.63, 3.8) is 0 Å². The molecule has 0 saturated carbocycles. The van der Waals surface area contributed by atoms with E-state index in [1.54, 1.807) is 11.3 Å².